The number of halogens is 1. The number of aromatic nitrogens is 2. The summed E-state index contributed by atoms with van der Waals surface area (Å²) in [5.74, 6) is 1.21. The number of hydrogen-bond donors (Lipinski definition) is 2. The van der Waals surface area contributed by atoms with Crippen LogP contribution in [0.5, 0.6) is 0 Å². The van der Waals surface area contributed by atoms with Crippen LogP contribution in [0.3, 0.4) is 0 Å². The second-order valence-electron chi connectivity index (χ2n) is 6.22. The molecule has 0 fully saturated rings. The van der Waals surface area contributed by atoms with Crippen LogP contribution in [0, 0.1) is 0 Å². The predicted molar refractivity (Wildman–Crippen MR) is 122 cm³/mol. The zero-order valence-corrected chi connectivity index (χ0v) is 18.0. The van der Waals surface area contributed by atoms with Gasteiger partial charge in [-0.25, -0.2) is 4.98 Å². The first-order valence-corrected chi connectivity index (χ1v) is 8.83. The number of imidazole rings is 1. The van der Waals surface area contributed by atoms with Crippen molar-refractivity contribution in [1.29, 1.82) is 0 Å². The van der Waals surface area contributed by atoms with E-state index in [0.717, 1.165) is 18.2 Å². The zero-order valence-electron chi connectivity index (χ0n) is 15.7. The largest absolute Gasteiger partial charge is 0.356 e. The highest BCUT2D eigenvalue weighted by atomic mass is 127. The van der Waals surface area contributed by atoms with Gasteiger partial charge in [0.15, 0.2) is 5.96 Å². The van der Waals surface area contributed by atoms with Crippen LogP contribution in [0.1, 0.15) is 24.0 Å². The van der Waals surface area contributed by atoms with Crippen LogP contribution in [0.2, 0.25) is 0 Å². The first-order chi connectivity index (χ1) is 12.8. The lowest BCUT2D eigenvalue weighted by molar-refractivity contribution is 0.698. The summed E-state index contributed by atoms with van der Waals surface area (Å²) < 4.78 is 2.02. The van der Waals surface area contributed by atoms with Gasteiger partial charge < -0.3 is 15.2 Å². The molecule has 2 aromatic carbocycles. The molecule has 6 heteroatoms. The highest BCUT2D eigenvalue weighted by Gasteiger charge is 2.08. The number of aliphatic imine (C=N–C) groups is 1. The van der Waals surface area contributed by atoms with E-state index in [-0.39, 0.29) is 24.0 Å². The first-order valence-electron chi connectivity index (χ1n) is 8.83. The maximum atomic E-state index is 4.34. The Labute approximate surface area is 178 Å². The lowest BCUT2D eigenvalue weighted by Crippen LogP contribution is -2.38. The molecule has 27 heavy (non-hydrogen) atoms. The Morgan fingerprint density at radius 3 is 2.52 bits per heavy atom. The fourth-order valence-electron chi connectivity index (χ4n) is 2.86. The number of benzene rings is 2. The number of nitrogens with one attached hydrogen (secondary N) is 2. The summed E-state index contributed by atoms with van der Waals surface area (Å²) in [6.45, 7) is 3.73. The van der Waals surface area contributed by atoms with Gasteiger partial charge in [-0.3, -0.25) is 4.99 Å². The van der Waals surface area contributed by atoms with Gasteiger partial charge in [0, 0.05) is 32.5 Å². The molecule has 0 bridgehead atoms. The topological polar surface area (TPSA) is 54.2 Å². The van der Waals surface area contributed by atoms with E-state index < -0.39 is 0 Å². The third kappa shape index (κ3) is 5.82. The smallest absolute Gasteiger partial charge is 0.191 e. The van der Waals surface area contributed by atoms with Crippen LogP contribution in [-0.2, 0) is 6.54 Å². The number of para-hydroxylation sites is 1. The highest BCUT2D eigenvalue weighted by molar-refractivity contribution is 14.0. The molecule has 0 aliphatic carbocycles. The van der Waals surface area contributed by atoms with E-state index in [9.17, 15) is 0 Å². The molecule has 0 saturated carbocycles. The van der Waals surface area contributed by atoms with E-state index in [1.807, 2.05) is 35.3 Å². The SMILES string of the molecule is CN=C(NCc1ccccc1-n1ccnc1)NCC(C)c1ccccc1.I. The van der Waals surface area contributed by atoms with Gasteiger partial charge >= 0.3 is 0 Å². The van der Waals surface area contributed by atoms with Crippen LogP contribution in [0.25, 0.3) is 5.69 Å². The molecule has 0 amide bonds. The van der Waals surface area contributed by atoms with Gasteiger partial charge in [0.25, 0.3) is 0 Å². The average molecular weight is 475 g/mol. The third-order valence-electron chi connectivity index (χ3n) is 4.39. The van der Waals surface area contributed by atoms with E-state index in [1.54, 1.807) is 13.2 Å². The second-order valence-corrected chi connectivity index (χ2v) is 6.22. The summed E-state index contributed by atoms with van der Waals surface area (Å²) in [6.07, 6.45) is 5.55. The molecule has 0 aliphatic rings. The molecule has 5 nitrogen and oxygen atoms in total. The van der Waals surface area contributed by atoms with E-state index in [4.69, 9.17) is 0 Å². The first kappa shape index (κ1) is 21.0. The van der Waals surface area contributed by atoms with E-state index >= 15 is 0 Å². The van der Waals surface area contributed by atoms with Gasteiger partial charge in [0.2, 0.25) is 0 Å². The van der Waals surface area contributed by atoms with Gasteiger partial charge in [0.1, 0.15) is 0 Å². The second kappa shape index (κ2) is 10.7. The Morgan fingerprint density at radius 1 is 1.07 bits per heavy atom. The molecule has 0 radical (unpaired) electrons. The van der Waals surface area contributed by atoms with Gasteiger partial charge in [-0.2, -0.15) is 0 Å². The Hall–Kier alpha value is -2.35. The quantitative estimate of drug-likeness (QED) is 0.323. The summed E-state index contributed by atoms with van der Waals surface area (Å²) in [5, 5.41) is 6.81. The molecule has 0 spiro atoms. The Kier molecular flexibility index (Phi) is 8.32. The molecule has 0 aliphatic heterocycles. The summed E-state index contributed by atoms with van der Waals surface area (Å²) in [5.41, 5.74) is 3.62. The minimum Gasteiger partial charge on any atom is -0.356 e. The average Bonchev–Trinajstić information content (AvgIpc) is 3.23. The molecule has 142 valence electrons. The predicted octanol–water partition coefficient (Wildman–Crippen LogP) is 3.96. The van der Waals surface area contributed by atoms with Crippen LogP contribution in [0.4, 0.5) is 0 Å². The van der Waals surface area contributed by atoms with Crippen LogP contribution >= 0.6 is 24.0 Å². The standard InChI is InChI=1S/C21H25N5.HI/c1-17(18-8-4-3-5-9-18)14-24-21(22-2)25-15-19-10-6-7-11-20(19)26-13-12-23-16-26;/h3-13,16-17H,14-15H2,1-2H3,(H2,22,24,25);1H. The summed E-state index contributed by atoms with van der Waals surface area (Å²) in [6, 6.07) is 18.8. The maximum Gasteiger partial charge on any atom is 0.191 e. The van der Waals surface area contributed by atoms with Crippen LogP contribution in [-0.4, -0.2) is 29.1 Å². The Morgan fingerprint density at radius 2 is 1.81 bits per heavy atom. The van der Waals surface area contributed by atoms with Crippen molar-refractivity contribution in [3.8, 4) is 5.69 Å². The number of hydrogen-bond acceptors (Lipinski definition) is 2. The minimum absolute atomic E-state index is 0. The number of rotatable bonds is 6. The monoisotopic (exact) mass is 475 g/mol. The van der Waals surface area contributed by atoms with E-state index in [0.29, 0.717) is 12.5 Å². The number of guanidine groups is 1. The van der Waals surface area contributed by atoms with Gasteiger partial charge in [-0.1, -0.05) is 55.5 Å². The van der Waals surface area contributed by atoms with Crippen molar-refractivity contribution in [3.05, 3.63) is 84.4 Å². The van der Waals surface area contributed by atoms with Crippen molar-refractivity contribution in [2.75, 3.05) is 13.6 Å². The molecule has 0 saturated heterocycles. The lowest BCUT2D eigenvalue weighted by Gasteiger charge is -2.17. The van der Waals surface area contributed by atoms with Gasteiger partial charge in [-0.15, -0.1) is 24.0 Å². The van der Waals surface area contributed by atoms with Crippen molar-refractivity contribution in [2.24, 2.45) is 4.99 Å². The molecule has 3 aromatic rings. The van der Waals surface area contributed by atoms with Crippen molar-refractivity contribution < 1.29 is 0 Å². The van der Waals surface area contributed by atoms with E-state index in [1.165, 1.54) is 11.1 Å². The normalized spacial score (nSPS) is 12.1. The molecular weight excluding hydrogens is 449 g/mol. The van der Waals surface area contributed by atoms with E-state index in [2.05, 4.69) is 63.9 Å². The summed E-state index contributed by atoms with van der Waals surface area (Å²) >= 11 is 0. The summed E-state index contributed by atoms with van der Waals surface area (Å²) in [7, 11) is 1.80. The zero-order chi connectivity index (χ0) is 18.2. The molecule has 1 atom stereocenters. The van der Waals surface area contributed by atoms with Crippen molar-refractivity contribution >= 4 is 29.9 Å². The fraction of sp³-hybridized carbons (Fsp3) is 0.238. The molecule has 1 unspecified atom stereocenters. The Bertz CT molecular complexity index is 831. The third-order valence-corrected chi connectivity index (χ3v) is 4.39. The van der Waals surface area contributed by atoms with Crippen molar-refractivity contribution in [2.45, 2.75) is 19.4 Å². The molecule has 1 heterocycles. The number of nitrogens with zero attached hydrogens (tertiary/aromatic N) is 3. The fourth-order valence-corrected chi connectivity index (χ4v) is 2.86. The van der Waals surface area contributed by atoms with Crippen LogP contribution < -0.4 is 10.6 Å². The molecule has 1 aromatic heterocycles. The molecule has 3 rings (SSSR count). The van der Waals surface area contributed by atoms with Gasteiger partial charge in [-0.05, 0) is 23.1 Å². The van der Waals surface area contributed by atoms with Crippen molar-refractivity contribution in [1.82, 2.24) is 20.2 Å². The summed E-state index contributed by atoms with van der Waals surface area (Å²) in [4.78, 5) is 8.47. The van der Waals surface area contributed by atoms with Gasteiger partial charge in [0.05, 0.1) is 12.0 Å². The van der Waals surface area contributed by atoms with Crippen molar-refractivity contribution in [3.63, 3.8) is 0 Å². The van der Waals surface area contributed by atoms with Crippen LogP contribution in [0.15, 0.2) is 78.3 Å². The lowest BCUT2D eigenvalue weighted by atomic mass is 10.0. The maximum absolute atomic E-state index is 4.34. The highest BCUT2D eigenvalue weighted by Crippen LogP contribution is 2.14. The molecular formula is C21H26IN5. The Balaban J connectivity index is 0.00000261. The minimum atomic E-state index is 0. The molecule has 2 N–H and O–H groups in total.